The summed E-state index contributed by atoms with van der Waals surface area (Å²) in [6.45, 7) is 10.8. The largest absolute Gasteiger partial charge is 0.380 e. The van der Waals surface area contributed by atoms with Crippen LogP contribution in [0.3, 0.4) is 0 Å². The van der Waals surface area contributed by atoms with Crippen LogP contribution in [0.25, 0.3) is 11.3 Å². The van der Waals surface area contributed by atoms with E-state index in [4.69, 9.17) is 5.53 Å². The van der Waals surface area contributed by atoms with Gasteiger partial charge in [0, 0.05) is 17.8 Å². The second-order valence-electron chi connectivity index (χ2n) is 4.64. The molecule has 0 fully saturated rings. The van der Waals surface area contributed by atoms with E-state index in [1.807, 2.05) is 71.0 Å². The van der Waals surface area contributed by atoms with E-state index in [9.17, 15) is 0 Å². The molecule has 0 atom stereocenters. The van der Waals surface area contributed by atoms with Crippen LogP contribution < -0.4 is 5.32 Å². The van der Waals surface area contributed by atoms with Gasteiger partial charge in [-0.15, -0.1) is 0 Å². The van der Waals surface area contributed by atoms with E-state index < -0.39 is 0 Å². The molecule has 0 spiro atoms. The van der Waals surface area contributed by atoms with Crippen LogP contribution in [0.2, 0.25) is 0 Å². The summed E-state index contributed by atoms with van der Waals surface area (Å²) >= 11 is 0. The molecular formula is C20H27N3. The summed E-state index contributed by atoms with van der Waals surface area (Å²) < 4.78 is 0. The van der Waals surface area contributed by atoms with Crippen LogP contribution in [0.4, 0.5) is 5.69 Å². The number of nitrogens with zero attached hydrogens (tertiary/aromatic N) is 1. The van der Waals surface area contributed by atoms with Crippen LogP contribution in [0.15, 0.2) is 53.6 Å². The van der Waals surface area contributed by atoms with Gasteiger partial charge in [0.1, 0.15) is 0 Å². The third-order valence-corrected chi connectivity index (χ3v) is 3.54. The zero-order chi connectivity index (χ0) is 17.2. The topological polar surface area (TPSA) is 48.2 Å². The lowest BCUT2D eigenvalue weighted by Crippen LogP contribution is -2.07. The lowest BCUT2D eigenvalue weighted by atomic mass is 9.94. The van der Waals surface area contributed by atoms with Crippen molar-refractivity contribution in [2.24, 2.45) is 5.11 Å². The molecule has 122 valence electrons. The first kappa shape index (κ1) is 18.6. The molecule has 3 heteroatoms. The summed E-state index contributed by atoms with van der Waals surface area (Å²) in [6, 6.07) is 16.3. The van der Waals surface area contributed by atoms with Crippen molar-refractivity contribution in [1.29, 1.82) is 5.53 Å². The lowest BCUT2D eigenvalue weighted by molar-refractivity contribution is 1.11. The molecule has 0 aliphatic carbocycles. The van der Waals surface area contributed by atoms with E-state index in [-0.39, 0.29) is 0 Å². The minimum Gasteiger partial charge on any atom is -0.380 e. The number of para-hydroxylation sites is 1. The van der Waals surface area contributed by atoms with Gasteiger partial charge in [0.2, 0.25) is 0 Å². The Balaban J connectivity index is 0.000000615. The average Bonchev–Trinajstić information content (AvgIpc) is 2.64. The fourth-order valence-electron chi connectivity index (χ4n) is 2.55. The summed E-state index contributed by atoms with van der Waals surface area (Å²) in [5, 5.41) is 7.19. The predicted molar refractivity (Wildman–Crippen MR) is 101 cm³/mol. The van der Waals surface area contributed by atoms with Crippen molar-refractivity contribution in [2.75, 3.05) is 5.32 Å². The third kappa shape index (κ3) is 4.07. The second kappa shape index (κ2) is 9.57. The molecule has 0 amide bonds. The van der Waals surface area contributed by atoms with Crippen LogP contribution in [0, 0.1) is 5.53 Å². The van der Waals surface area contributed by atoms with Gasteiger partial charge in [-0.3, -0.25) is 0 Å². The Morgan fingerprint density at radius 3 is 2.09 bits per heavy atom. The number of hydrogen-bond donors (Lipinski definition) is 2. The highest BCUT2D eigenvalue weighted by Gasteiger charge is 2.16. The van der Waals surface area contributed by atoms with Gasteiger partial charge in [-0.05, 0) is 29.7 Å². The fourth-order valence-corrected chi connectivity index (χ4v) is 2.55. The maximum atomic E-state index is 7.51. The Morgan fingerprint density at radius 1 is 0.870 bits per heavy atom. The molecule has 0 radical (unpaired) electrons. The second-order valence-corrected chi connectivity index (χ2v) is 4.64. The number of nitrogens with one attached hydrogen (secondary N) is 2. The number of benzene rings is 2. The number of rotatable bonds is 1. The van der Waals surface area contributed by atoms with Gasteiger partial charge in [0.15, 0.2) is 0 Å². The van der Waals surface area contributed by atoms with Crippen LogP contribution >= 0.6 is 0 Å². The Hall–Kier alpha value is -2.42. The van der Waals surface area contributed by atoms with Crippen molar-refractivity contribution < 1.29 is 0 Å². The first-order valence-electron chi connectivity index (χ1n) is 8.31. The van der Waals surface area contributed by atoms with Gasteiger partial charge >= 0.3 is 0 Å². The van der Waals surface area contributed by atoms with Crippen molar-refractivity contribution in [3.63, 3.8) is 0 Å². The Bertz CT molecular complexity index is 672. The van der Waals surface area contributed by atoms with Gasteiger partial charge in [0.05, 0.1) is 5.70 Å². The summed E-state index contributed by atoms with van der Waals surface area (Å²) in [6.07, 6.45) is 0. The quantitative estimate of drug-likeness (QED) is 0.574. The molecule has 3 rings (SSSR count). The van der Waals surface area contributed by atoms with Crippen molar-refractivity contribution in [2.45, 2.75) is 41.2 Å². The van der Waals surface area contributed by atoms with Crippen molar-refractivity contribution in [3.8, 4) is 0 Å². The van der Waals surface area contributed by atoms with E-state index in [1.54, 1.807) is 0 Å². The molecule has 0 aromatic heterocycles. The lowest BCUT2D eigenvalue weighted by Gasteiger charge is -2.20. The summed E-state index contributed by atoms with van der Waals surface area (Å²) in [5.41, 5.74) is 13.7. The maximum absolute atomic E-state index is 7.51. The van der Waals surface area contributed by atoms with E-state index in [1.165, 1.54) is 5.56 Å². The van der Waals surface area contributed by atoms with Gasteiger partial charge in [-0.25, -0.2) is 5.53 Å². The minimum atomic E-state index is 0.732. The molecule has 0 saturated heterocycles. The van der Waals surface area contributed by atoms with Crippen molar-refractivity contribution >= 4 is 17.0 Å². The summed E-state index contributed by atoms with van der Waals surface area (Å²) in [5.74, 6) is 0. The molecule has 2 aromatic carbocycles. The van der Waals surface area contributed by atoms with Crippen molar-refractivity contribution in [1.82, 2.24) is 0 Å². The monoisotopic (exact) mass is 309 g/mol. The number of fused-ring (bicyclic) bond motifs is 2. The molecule has 0 bridgehead atoms. The van der Waals surface area contributed by atoms with Crippen LogP contribution in [0.1, 0.15) is 51.3 Å². The highest BCUT2D eigenvalue weighted by Crippen LogP contribution is 2.35. The molecular weight excluding hydrogens is 282 g/mol. The van der Waals surface area contributed by atoms with Crippen LogP contribution in [-0.4, -0.2) is 0 Å². The van der Waals surface area contributed by atoms with E-state index in [0.717, 1.165) is 34.6 Å². The smallest absolute Gasteiger partial charge is 0.0978 e. The molecule has 3 nitrogen and oxygen atoms in total. The molecule has 1 heterocycles. The van der Waals surface area contributed by atoms with Gasteiger partial charge < -0.3 is 5.32 Å². The van der Waals surface area contributed by atoms with Crippen molar-refractivity contribution in [3.05, 3.63) is 65.2 Å². The molecule has 2 N–H and O–H groups in total. The van der Waals surface area contributed by atoms with Gasteiger partial charge in [-0.2, -0.15) is 5.11 Å². The molecule has 1 aliphatic rings. The van der Waals surface area contributed by atoms with Gasteiger partial charge in [0.25, 0.3) is 0 Å². The fraction of sp³-hybridized carbons (Fsp3) is 0.300. The SMILES string of the molecule is C/C1=C(\N=N)c2ccccc2NCc2ccccc21.CC.CC. The van der Waals surface area contributed by atoms with Gasteiger partial charge in [-0.1, -0.05) is 70.2 Å². The molecule has 0 unspecified atom stereocenters. The van der Waals surface area contributed by atoms with E-state index in [0.29, 0.717) is 0 Å². The zero-order valence-electron chi connectivity index (χ0n) is 14.8. The van der Waals surface area contributed by atoms with E-state index >= 15 is 0 Å². The van der Waals surface area contributed by atoms with Crippen LogP contribution in [-0.2, 0) is 6.54 Å². The number of hydrogen-bond acceptors (Lipinski definition) is 3. The summed E-state index contributed by atoms with van der Waals surface area (Å²) in [4.78, 5) is 0. The first-order chi connectivity index (χ1) is 11.3. The maximum Gasteiger partial charge on any atom is 0.0978 e. The minimum absolute atomic E-state index is 0.732. The Morgan fingerprint density at radius 2 is 1.43 bits per heavy atom. The first-order valence-corrected chi connectivity index (χ1v) is 8.31. The molecule has 1 aliphatic heterocycles. The normalized spacial score (nSPS) is 15.0. The molecule has 2 aromatic rings. The van der Waals surface area contributed by atoms with Crippen LogP contribution in [0.5, 0.6) is 0 Å². The van der Waals surface area contributed by atoms with E-state index in [2.05, 4.69) is 22.6 Å². The standard InChI is InChI=1S/C16H15N3.2C2H6/c1-11-13-7-3-2-6-12(13)10-18-15-9-5-4-8-14(15)16(11)19-17;2*1-2/h2-9,17-18H,10H2,1H3;2*1-2H3/b16-11+,19-17?;;. The highest BCUT2D eigenvalue weighted by atomic mass is 15.0. The Kier molecular flexibility index (Phi) is 7.75. The Labute approximate surface area is 140 Å². The molecule has 0 saturated carbocycles. The average molecular weight is 309 g/mol. The highest BCUT2D eigenvalue weighted by molar-refractivity contribution is 5.94. The zero-order valence-corrected chi connectivity index (χ0v) is 14.8. The molecule has 23 heavy (non-hydrogen) atoms. The number of anilines is 1. The predicted octanol–water partition coefficient (Wildman–Crippen LogP) is 6.58. The summed E-state index contributed by atoms with van der Waals surface area (Å²) in [7, 11) is 0. The third-order valence-electron chi connectivity index (χ3n) is 3.54. The number of allylic oxidation sites excluding steroid dienone is 1.